The van der Waals surface area contributed by atoms with Crippen molar-refractivity contribution in [2.24, 2.45) is 0 Å². The molecule has 2 atom stereocenters. The van der Waals surface area contributed by atoms with Crippen molar-refractivity contribution >= 4 is 5.91 Å². The molecule has 0 bridgehead atoms. The molecule has 0 aliphatic carbocycles. The van der Waals surface area contributed by atoms with E-state index in [1.165, 1.54) is 180 Å². The molecule has 0 saturated heterocycles. The topological polar surface area (TPSA) is 69.6 Å². The quantitative estimate of drug-likeness (QED) is 0.0433. The summed E-state index contributed by atoms with van der Waals surface area (Å²) in [4.78, 5) is 12.4. The average Bonchev–Trinajstić information content (AvgIpc) is 3.15. The minimum atomic E-state index is -0.662. The van der Waals surface area contributed by atoms with Gasteiger partial charge in [-0.15, -0.1) is 0 Å². The normalized spacial score (nSPS) is 13.2. The van der Waals surface area contributed by atoms with Gasteiger partial charge in [-0.25, -0.2) is 0 Å². The van der Waals surface area contributed by atoms with Crippen LogP contribution in [-0.2, 0) is 4.79 Å². The van der Waals surface area contributed by atoms with Crippen LogP contribution in [0.1, 0.15) is 245 Å². The summed E-state index contributed by atoms with van der Waals surface area (Å²) in [5, 5.41) is 23.2. The fraction of sp³-hybridized carbons (Fsp3) is 0.854. The molecule has 0 radical (unpaired) electrons. The van der Waals surface area contributed by atoms with Crippen LogP contribution in [0.4, 0.5) is 0 Å². The number of hydrogen-bond donors (Lipinski definition) is 3. The minimum absolute atomic E-state index is 0.0376. The van der Waals surface area contributed by atoms with Crippen molar-refractivity contribution in [3.05, 3.63) is 36.5 Å². The summed E-state index contributed by atoms with van der Waals surface area (Å²) < 4.78 is 0. The predicted octanol–water partition coefficient (Wildman–Crippen LogP) is 14.6. The first-order valence-corrected chi connectivity index (χ1v) is 23.2. The van der Waals surface area contributed by atoms with Gasteiger partial charge in [-0.05, 0) is 51.4 Å². The number of unbranched alkanes of at least 4 members (excludes halogenated alkanes) is 29. The summed E-state index contributed by atoms with van der Waals surface area (Å²) in [6.07, 6.45) is 57.9. The maximum Gasteiger partial charge on any atom is 0.220 e. The summed E-state index contributed by atoms with van der Waals surface area (Å²) >= 11 is 0. The summed E-state index contributed by atoms with van der Waals surface area (Å²) in [5.41, 5.74) is 0. The number of nitrogens with one attached hydrogen (secondary N) is 1. The van der Waals surface area contributed by atoms with Crippen LogP contribution < -0.4 is 5.32 Å². The van der Waals surface area contributed by atoms with Crippen LogP contribution in [0.25, 0.3) is 0 Å². The van der Waals surface area contributed by atoms with Gasteiger partial charge >= 0.3 is 0 Å². The SMILES string of the molecule is CCCCCCC/C=C\C/C=C\C/C=C\CCCCCCCCCCC(=O)NC(CO)C(O)CCCCCCCCCCCCCCCCCCC. The number of carbonyl (C=O) groups is 1. The molecule has 3 N–H and O–H groups in total. The standard InChI is InChI=1S/C48H91NO3/c1-3-5-7-9-11-13-15-17-19-21-22-23-24-25-26-28-30-32-34-36-38-40-42-44-48(52)49-46(45-50)47(51)43-41-39-37-35-33-31-29-27-20-18-16-14-12-10-8-6-4-2/h15,17,21-22,24-25,46-47,50-51H,3-14,16,18-20,23,26-45H2,1-2H3,(H,49,52)/b17-15-,22-21-,25-24-. The number of allylic oxidation sites excluding steroid dienone is 6. The van der Waals surface area contributed by atoms with Gasteiger partial charge < -0.3 is 15.5 Å². The summed E-state index contributed by atoms with van der Waals surface area (Å²) in [6, 6.07) is -0.540. The summed E-state index contributed by atoms with van der Waals surface area (Å²) in [6.45, 7) is 4.35. The molecule has 0 saturated carbocycles. The zero-order valence-corrected chi connectivity index (χ0v) is 35.1. The number of carbonyl (C=O) groups excluding carboxylic acids is 1. The zero-order valence-electron chi connectivity index (χ0n) is 35.1. The third-order valence-corrected chi connectivity index (χ3v) is 10.7. The van der Waals surface area contributed by atoms with E-state index >= 15 is 0 Å². The van der Waals surface area contributed by atoms with E-state index in [9.17, 15) is 15.0 Å². The highest BCUT2D eigenvalue weighted by atomic mass is 16.3. The van der Waals surface area contributed by atoms with E-state index in [0.29, 0.717) is 12.8 Å². The number of amides is 1. The molecule has 2 unspecified atom stereocenters. The van der Waals surface area contributed by atoms with Crippen LogP contribution >= 0.6 is 0 Å². The molecule has 0 aromatic rings. The Morgan fingerprint density at radius 2 is 0.788 bits per heavy atom. The first kappa shape index (κ1) is 50.6. The largest absolute Gasteiger partial charge is 0.394 e. The Morgan fingerprint density at radius 3 is 1.17 bits per heavy atom. The van der Waals surface area contributed by atoms with Crippen LogP contribution in [0.5, 0.6) is 0 Å². The molecule has 306 valence electrons. The molecular formula is C48H91NO3. The van der Waals surface area contributed by atoms with Crippen LogP contribution in [0.15, 0.2) is 36.5 Å². The number of aliphatic hydroxyl groups is 2. The summed E-state index contributed by atoms with van der Waals surface area (Å²) in [7, 11) is 0. The fourth-order valence-electron chi connectivity index (χ4n) is 7.07. The molecule has 4 heteroatoms. The van der Waals surface area contributed by atoms with Gasteiger partial charge in [-0.2, -0.15) is 0 Å². The second kappa shape index (κ2) is 44.0. The van der Waals surface area contributed by atoms with Crippen LogP contribution in [0, 0.1) is 0 Å². The Morgan fingerprint density at radius 1 is 0.462 bits per heavy atom. The van der Waals surface area contributed by atoms with Crippen LogP contribution in [-0.4, -0.2) is 34.9 Å². The number of rotatable bonds is 42. The first-order valence-electron chi connectivity index (χ1n) is 23.2. The second-order valence-corrected chi connectivity index (χ2v) is 15.8. The van der Waals surface area contributed by atoms with Crippen molar-refractivity contribution in [2.75, 3.05) is 6.61 Å². The van der Waals surface area contributed by atoms with E-state index in [1.807, 2.05) is 0 Å². The molecule has 0 aliphatic rings. The third-order valence-electron chi connectivity index (χ3n) is 10.7. The van der Waals surface area contributed by atoms with Crippen LogP contribution in [0.2, 0.25) is 0 Å². The van der Waals surface area contributed by atoms with Crippen molar-refractivity contribution in [1.29, 1.82) is 0 Å². The van der Waals surface area contributed by atoms with Gasteiger partial charge in [0.1, 0.15) is 0 Å². The second-order valence-electron chi connectivity index (χ2n) is 15.8. The molecule has 4 nitrogen and oxygen atoms in total. The Labute approximate surface area is 325 Å². The lowest BCUT2D eigenvalue weighted by atomic mass is 10.0. The van der Waals surface area contributed by atoms with Gasteiger partial charge in [0.2, 0.25) is 5.91 Å². The van der Waals surface area contributed by atoms with E-state index in [4.69, 9.17) is 0 Å². The Bertz CT molecular complexity index is 790. The minimum Gasteiger partial charge on any atom is -0.394 e. The molecule has 0 aliphatic heterocycles. The van der Waals surface area contributed by atoms with Crippen molar-refractivity contribution < 1.29 is 15.0 Å². The lowest BCUT2D eigenvalue weighted by molar-refractivity contribution is -0.123. The molecule has 52 heavy (non-hydrogen) atoms. The number of hydrogen-bond acceptors (Lipinski definition) is 3. The highest BCUT2D eigenvalue weighted by molar-refractivity contribution is 5.76. The average molecular weight is 730 g/mol. The van der Waals surface area contributed by atoms with E-state index in [1.54, 1.807) is 0 Å². The third kappa shape index (κ3) is 39.8. The molecule has 0 rings (SSSR count). The molecule has 0 aromatic carbocycles. The van der Waals surface area contributed by atoms with Gasteiger partial charge in [0.05, 0.1) is 18.8 Å². The Kier molecular flexibility index (Phi) is 42.8. The monoisotopic (exact) mass is 730 g/mol. The Hall–Kier alpha value is -1.39. The van der Waals surface area contributed by atoms with E-state index in [-0.39, 0.29) is 12.5 Å². The molecule has 0 aromatic heterocycles. The molecule has 0 spiro atoms. The van der Waals surface area contributed by atoms with Gasteiger partial charge in [0, 0.05) is 6.42 Å². The molecule has 1 amide bonds. The van der Waals surface area contributed by atoms with Gasteiger partial charge in [-0.3, -0.25) is 4.79 Å². The molecule has 0 heterocycles. The highest BCUT2D eigenvalue weighted by Gasteiger charge is 2.20. The van der Waals surface area contributed by atoms with Gasteiger partial charge in [0.15, 0.2) is 0 Å². The van der Waals surface area contributed by atoms with Crippen molar-refractivity contribution in [2.45, 2.75) is 257 Å². The summed E-state index contributed by atoms with van der Waals surface area (Å²) in [5.74, 6) is -0.0376. The maximum absolute atomic E-state index is 12.4. The van der Waals surface area contributed by atoms with Gasteiger partial charge in [0.25, 0.3) is 0 Å². The smallest absolute Gasteiger partial charge is 0.220 e. The predicted molar refractivity (Wildman–Crippen MR) is 230 cm³/mol. The number of aliphatic hydroxyl groups excluding tert-OH is 2. The lowest BCUT2D eigenvalue weighted by Gasteiger charge is -2.22. The molecule has 0 fully saturated rings. The van der Waals surface area contributed by atoms with Gasteiger partial charge in [-0.1, -0.05) is 224 Å². The maximum atomic E-state index is 12.4. The lowest BCUT2D eigenvalue weighted by Crippen LogP contribution is -2.45. The first-order chi connectivity index (χ1) is 25.7. The Balaban J connectivity index is 3.54. The zero-order chi connectivity index (χ0) is 37.8. The fourth-order valence-corrected chi connectivity index (χ4v) is 7.07. The molecular weight excluding hydrogens is 639 g/mol. The van der Waals surface area contributed by atoms with E-state index in [2.05, 4.69) is 55.6 Å². The van der Waals surface area contributed by atoms with Crippen molar-refractivity contribution in [3.8, 4) is 0 Å². The van der Waals surface area contributed by atoms with E-state index in [0.717, 1.165) is 38.5 Å². The van der Waals surface area contributed by atoms with Crippen molar-refractivity contribution in [1.82, 2.24) is 5.32 Å². The highest BCUT2D eigenvalue weighted by Crippen LogP contribution is 2.16. The van der Waals surface area contributed by atoms with Crippen LogP contribution in [0.3, 0.4) is 0 Å². The van der Waals surface area contributed by atoms with Crippen molar-refractivity contribution in [3.63, 3.8) is 0 Å². The van der Waals surface area contributed by atoms with E-state index < -0.39 is 12.1 Å².